The first kappa shape index (κ1) is 21.8. The second-order valence-electron chi connectivity index (χ2n) is 11.0. The molecule has 174 valence electrons. The van der Waals surface area contributed by atoms with Crippen molar-refractivity contribution in [3.05, 3.63) is 11.6 Å². The third kappa shape index (κ3) is 3.27. The van der Waals surface area contributed by atoms with E-state index in [4.69, 9.17) is 4.84 Å². The zero-order chi connectivity index (χ0) is 22.7. The van der Waals surface area contributed by atoms with Crippen molar-refractivity contribution in [1.29, 1.82) is 0 Å². The maximum atomic E-state index is 12.1. The quantitative estimate of drug-likeness (QED) is 0.534. The predicted octanol–water partition coefficient (Wildman–Crippen LogP) is 3.36. The lowest BCUT2D eigenvalue weighted by molar-refractivity contribution is -0.151. The number of likely N-dealkylation sites (tertiary alicyclic amines) is 1. The van der Waals surface area contributed by atoms with E-state index in [2.05, 4.69) is 25.1 Å². The van der Waals surface area contributed by atoms with E-state index in [1.807, 2.05) is 0 Å². The summed E-state index contributed by atoms with van der Waals surface area (Å²) in [5.74, 6) is 0.427. The Morgan fingerprint density at radius 1 is 1.06 bits per heavy atom. The molecule has 0 radical (unpaired) electrons. The topological polar surface area (TPSA) is 96.3 Å². The van der Waals surface area contributed by atoms with Gasteiger partial charge in [0.2, 0.25) is 11.8 Å². The van der Waals surface area contributed by atoms with Gasteiger partial charge in [0.15, 0.2) is 6.61 Å². The summed E-state index contributed by atoms with van der Waals surface area (Å²) in [7, 11) is 0. The van der Waals surface area contributed by atoms with Crippen LogP contribution in [0.2, 0.25) is 0 Å². The molecule has 7 heteroatoms. The largest absolute Gasteiger partial charge is 0.393 e. The number of rotatable bonds is 3. The van der Waals surface area contributed by atoms with Gasteiger partial charge < -0.3 is 9.94 Å². The Labute approximate surface area is 189 Å². The number of carbonyl (C=O) groups is 3. The van der Waals surface area contributed by atoms with Gasteiger partial charge in [0, 0.05) is 12.8 Å². The van der Waals surface area contributed by atoms with Crippen LogP contribution in [-0.2, 0) is 19.2 Å². The van der Waals surface area contributed by atoms with Gasteiger partial charge in [0.05, 0.1) is 11.8 Å². The number of hydrogen-bond donors (Lipinski definition) is 1. The predicted molar refractivity (Wildman–Crippen MR) is 117 cm³/mol. The second-order valence-corrected chi connectivity index (χ2v) is 11.0. The number of aliphatic hydroxyl groups excluding tert-OH is 1. The zero-order valence-corrected chi connectivity index (χ0v) is 19.1. The standard InChI is InChI=1S/C25H34N2O5/c1-24-11-9-16(26-32-14-23(31)27-21(29)7-8-22(27)30)13-15(24)3-4-17-18-5-6-20(28)25(18,2)12-10-19(17)24/h13,17-20,28H,3-12,14H2,1-2H3. The number of carbonyl (C=O) groups excluding carboxylic acids is 3. The molecule has 0 aromatic rings. The fraction of sp³-hybridized carbons (Fsp3) is 0.760. The summed E-state index contributed by atoms with van der Waals surface area (Å²) >= 11 is 0. The van der Waals surface area contributed by atoms with Gasteiger partial charge in [-0.25, -0.2) is 4.90 Å². The summed E-state index contributed by atoms with van der Waals surface area (Å²) in [5.41, 5.74) is 2.53. The van der Waals surface area contributed by atoms with Gasteiger partial charge in [-0.15, -0.1) is 0 Å². The molecule has 7 nitrogen and oxygen atoms in total. The number of imide groups is 3. The van der Waals surface area contributed by atoms with E-state index in [0.717, 1.165) is 44.2 Å². The minimum atomic E-state index is -0.639. The Bertz CT molecular complexity index is 894. The summed E-state index contributed by atoms with van der Waals surface area (Å²) in [6, 6.07) is 0. The van der Waals surface area contributed by atoms with Gasteiger partial charge in [-0.3, -0.25) is 14.4 Å². The van der Waals surface area contributed by atoms with E-state index < -0.39 is 24.3 Å². The third-order valence-electron chi connectivity index (χ3n) is 9.60. The highest BCUT2D eigenvalue weighted by molar-refractivity contribution is 6.15. The maximum Gasteiger partial charge on any atom is 0.276 e. The Hall–Kier alpha value is -2.02. The van der Waals surface area contributed by atoms with Crippen LogP contribution >= 0.6 is 0 Å². The lowest BCUT2D eigenvalue weighted by Crippen LogP contribution is -2.51. The van der Waals surface area contributed by atoms with Crippen molar-refractivity contribution < 1.29 is 24.3 Å². The Morgan fingerprint density at radius 2 is 1.81 bits per heavy atom. The molecule has 32 heavy (non-hydrogen) atoms. The summed E-state index contributed by atoms with van der Waals surface area (Å²) < 4.78 is 0. The highest BCUT2D eigenvalue weighted by Gasteiger charge is 2.58. The van der Waals surface area contributed by atoms with Gasteiger partial charge in [-0.1, -0.05) is 24.6 Å². The van der Waals surface area contributed by atoms with E-state index in [1.54, 1.807) is 0 Å². The molecule has 0 aromatic heterocycles. The summed E-state index contributed by atoms with van der Waals surface area (Å²) in [5, 5.41) is 14.8. The van der Waals surface area contributed by atoms with E-state index in [9.17, 15) is 19.5 Å². The molecule has 1 heterocycles. The number of nitrogens with zero attached hydrogens (tertiary/aromatic N) is 2. The molecule has 1 aliphatic heterocycles. The van der Waals surface area contributed by atoms with E-state index in [-0.39, 0.29) is 29.8 Å². The van der Waals surface area contributed by atoms with E-state index in [1.165, 1.54) is 18.4 Å². The molecule has 6 unspecified atom stereocenters. The van der Waals surface area contributed by atoms with Gasteiger partial charge >= 0.3 is 0 Å². The lowest BCUT2D eigenvalue weighted by Gasteiger charge is -2.57. The van der Waals surface area contributed by atoms with Gasteiger partial charge in [-0.2, -0.15) is 0 Å². The molecular formula is C25H34N2O5. The van der Waals surface area contributed by atoms with Crippen LogP contribution in [0.5, 0.6) is 0 Å². The number of hydrogen-bond acceptors (Lipinski definition) is 6. The number of amides is 3. The molecule has 5 rings (SSSR count). The molecule has 1 saturated heterocycles. The molecule has 0 spiro atoms. The van der Waals surface area contributed by atoms with Gasteiger partial charge in [-0.05, 0) is 86.0 Å². The van der Waals surface area contributed by atoms with Crippen LogP contribution in [-0.4, -0.2) is 46.2 Å². The van der Waals surface area contributed by atoms with Crippen LogP contribution in [0.4, 0.5) is 0 Å². The number of aliphatic hydroxyl groups is 1. The van der Waals surface area contributed by atoms with Crippen molar-refractivity contribution in [3.8, 4) is 0 Å². The van der Waals surface area contributed by atoms with E-state index >= 15 is 0 Å². The Balaban J connectivity index is 1.26. The van der Waals surface area contributed by atoms with E-state index in [0.29, 0.717) is 22.7 Å². The van der Waals surface area contributed by atoms with Crippen LogP contribution < -0.4 is 0 Å². The van der Waals surface area contributed by atoms with Gasteiger partial charge in [0.25, 0.3) is 5.91 Å². The van der Waals surface area contributed by atoms with Gasteiger partial charge in [0.1, 0.15) is 0 Å². The van der Waals surface area contributed by atoms with Crippen molar-refractivity contribution >= 4 is 23.4 Å². The van der Waals surface area contributed by atoms with Crippen LogP contribution in [0.15, 0.2) is 16.8 Å². The molecule has 6 atom stereocenters. The Morgan fingerprint density at radius 3 is 2.56 bits per heavy atom. The summed E-state index contributed by atoms with van der Waals surface area (Å²) in [6.07, 6.45) is 10.6. The number of oxime groups is 1. The first-order valence-corrected chi connectivity index (χ1v) is 12.2. The minimum absolute atomic E-state index is 0.0882. The number of fused-ring (bicyclic) bond motifs is 5. The first-order chi connectivity index (χ1) is 15.2. The fourth-order valence-corrected chi connectivity index (χ4v) is 7.71. The average Bonchev–Trinajstić information content (AvgIpc) is 3.26. The van der Waals surface area contributed by atoms with Crippen LogP contribution in [0, 0.1) is 28.6 Å². The average molecular weight is 443 g/mol. The molecule has 4 aliphatic carbocycles. The molecule has 3 saturated carbocycles. The zero-order valence-electron chi connectivity index (χ0n) is 19.1. The molecule has 5 aliphatic rings. The number of allylic oxidation sites excluding steroid dienone is 2. The third-order valence-corrected chi connectivity index (χ3v) is 9.60. The lowest BCUT2D eigenvalue weighted by atomic mass is 9.47. The fourth-order valence-electron chi connectivity index (χ4n) is 7.71. The minimum Gasteiger partial charge on any atom is -0.393 e. The normalized spacial score (nSPS) is 42.4. The van der Waals surface area contributed by atoms with Crippen LogP contribution in [0.3, 0.4) is 0 Å². The molecule has 0 bridgehead atoms. The first-order valence-electron chi connectivity index (χ1n) is 12.2. The maximum absolute atomic E-state index is 12.1. The van der Waals surface area contributed by atoms with Crippen molar-refractivity contribution in [1.82, 2.24) is 4.90 Å². The second kappa shape index (κ2) is 7.79. The summed E-state index contributed by atoms with van der Waals surface area (Å²) in [4.78, 5) is 41.4. The molecule has 3 amide bonds. The van der Waals surface area contributed by atoms with Crippen molar-refractivity contribution in [2.45, 2.75) is 84.2 Å². The van der Waals surface area contributed by atoms with Crippen molar-refractivity contribution in [3.63, 3.8) is 0 Å². The monoisotopic (exact) mass is 442 g/mol. The van der Waals surface area contributed by atoms with Crippen LogP contribution in [0.25, 0.3) is 0 Å². The molecular weight excluding hydrogens is 408 g/mol. The molecule has 1 N–H and O–H groups in total. The molecule has 4 fully saturated rings. The van der Waals surface area contributed by atoms with Crippen molar-refractivity contribution in [2.24, 2.45) is 33.7 Å². The smallest absolute Gasteiger partial charge is 0.276 e. The van der Waals surface area contributed by atoms with Crippen LogP contribution in [0.1, 0.15) is 78.1 Å². The highest BCUT2D eigenvalue weighted by Crippen LogP contribution is 2.65. The molecule has 0 aromatic carbocycles. The van der Waals surface area contributed by atoms with Crippen molar-refractivity contribution in [2.75, 3.05) is 6.61 Å². The Kier molecular flexibility index (Phi) is 5.31. The highest BCUT2D eigenvalue weighted by atomic mass is 16.6. The summed E-state index contributed by atoms with van der Waals surface area (Å²) in [6.45, 7) is 4.33. The SMILES string of the molecule is CC12CCC(=NOCC(=O)N3C(=O)CCC3=O)C=C1CCC1C2CCC2(C)C(O)CCC12.